The van der Waals surface area contributed by atoms with E-state index in [1.165, 1.54) is 11.5 Å². The third-order valence-electron chi connectivity index (χ3n) is 5.20. The molecule has 1 aromatic heterocycles. The third-order valence-corrected chi connectivity index (χ3v) is 6.41. The summed E-state index contributed by atoms with van der Waals surface area (Å²) < 4.78 is 27.0. The third kappa shape index (κ3) is 2.95. The number of nitrogens with one attached hydrogen (secondary N) is 1. The van der Waals surface area contributed by atoms with Crippen molar-refractivity contribution in [2.45, 2.75) is 12.3 Å². The number of fused-ring (bicyclic) bond motifs is 2. The fourth-order valence-electron chi connectivity index (χ4n) is 3.84. The first-order valence-electron chi connectivity index (χ1n) is 9.20. The Labute approximate surface area is 181 Å². The number of methoxy groups -OCH3 is 2. The minimum Gasteiger partial charge on any atom is -0.493 e. The van der Waals surface area contributed by atoms with Crippen LogP contribution in [-0.4, -0.2) is 31.3 Å². The standard InChI is InChI=1S/C21H17ClN2O5S/c1-26-14-7-12(18(27-2)20-19(14)28-9-29-20)13-8-15(25)23-17-16(24-30-21(13)17)10-3-5-11(22)6-4-10/h3-7,13H,8-9H2,1-2H3,(H,23,25)/t13-/m0/s1. The highest BCUT2D eigenvalue weighted by Crippen LogP contribution is 2.55. The van der Waals surface area contributed by atoms with Gasteiger partial charge in [0.1, 0.15) is 5.69 Å². The maximum absolute atomic E-state index is 12.6. The van der Waals surface area contributed by atoms with Crippen molar-refractivity contribution in [3.8, 4) is 34.3 Å². The summed E-state index contributed by atoms with van der Waals surface area (Å²) in [5.41, 5.74) is 3.10. The molecule has 0 radical (unpaired) electrons. The van der Waals surface area contributed by atoms with Crippen LogP contribution in [0.1, 0.15) is 22.8 Å². The van der Waals surface area contributed by atoms with Crippen LogP contribution in [0.2, 0.25) is 5.02 Å². The largest absolute Gasteiger partial charge is 0.493 e. The van der Waals surface area contributed by atoms with Crippen molar-refractivity contribution >= 4 is 34.7 Å². The zero-order valence-electron chi connectivity index (χ0n) is 16.2. The molecule has 154 valence electrons. The lowest BCUT2D eigenvalue weighted by molar-refractivity contribution is -0.116. The van der Waals surface area contributed by atoms with Gasteiger partial charge >= 0.3 is 0 Å². The molecule has 7 nitrogen and oxygen atoms in total. The number of hydrogen-bond donors (Lipinski definition) is 1. The number of ether oxygens (including phenoxy) is 4. The van der Waals surface area contributed by atoms with Crippen LogP contribution in [0.15, 0.2) is 30.3 Å². The number of anilines is 1. The van der Waals surface area contributed by atoms with Crippen LogP contribution in [-0.2, 0) is 4.79 Å². The van der Waals surface area contributed by atoms with Crippen molar-refractivity contribution in [3.05, 3.63) is 45.8 Å². The maximum Gasteiger partial charge on any atom is 0.231 e. The molecule has 2 aliphatic rings. The van der Waals surface area contributed by atoms with Gasteiger partial charge in [0.2, 0.25) is 24.2 Å². The van der Waals surface area contributed by atoms with E-state index in [0.29, 0.717) is 33.7 Å². The van der Waals surface area contributed by atoms with Gasteiger partial charge in [0, 0.05) is 28.5 Å². The number of carbonyl (C=O) groups is 1. The monoisotopic (exact) mass is 444 g/mol. The van der Waals surface area contributed by atoms with Crippen LogP contribution in [0.4, 0.5) is 5.69 Å². The highest BCUT2D eigenvalue weighted by Gasteiger charge is 2.37. The fraction of sp³-hybridized carbons (Fsp3) is 0.238. The lowest BCUT2D eigenvalue weighted by Crippen LogP contribution is -2.23. The number of hydrogen-bond acceptors (Lipinski definition) is 7. The van der Waals surface area contributed by atoms with Crippen molar-refractivity contribution in [2.24, 2.45) is 0 Å². The molecule has 0 saturated heterocycles. The van der Waals surface area contributed by atoms with E-state index in [0.717, 1.165) is 21.7 Å². The normalized spacial score (nSPS) is 16.8. The van der Waals surface area contributed by atoms with Gasteiger partial charge in [-0.1, -0.05) is 23.7 Å². The lowest BCUT2D eigenvalue weighted by Gasteiger charge is -2.25. The number of benzene rings is 2. The van der Waals surface area contributed by atoms with Crippen LogP contribution in [0, 0.1) is 0 Å². The maximum atomic E-state index is 12.6. The molecule has 1 N–H and O–H groups in total. The SMILES string of the molecule is COc1cc([C@@H]2CC(=O)Nc3c(-c4ccc(Cl)cc4)nsc32)c(OC)c2c1OCO2. The Morgan fingerprint density at radius 1 is 1.17 bits per heavy atom. The Hall–Kier alpha value is -2.97. The summed E-state index contributed by atoms with van der Waals surface area (Å²) in [5.74, 6) is 1.71. The van der Waals surface area contributed by atoms with Gasteiger partial charge in [-0.25, -0.2) is 0 Å². The second-order valence-electron chi connectivity index (χ2n) is 6.85. The Bertz CT molecular complexity index is 1150. The second kappa shape index (κ2) is 7.37. The summed E-state index contributed by atoms with van der Waals surface area (Å²) in [6, 6.07) is 9.23. The van der Waals surface area contributed by atoms with E-state index in [-0.39, 0.29) is 25.0 Å². The fourth-order valence-corrected chi connectivity index (χ4v) is 4.93. The molecule has 0 spiro atoms. The van der Waals surface area contributed by atoms with E-state index in [2.05, 4.69) is 9.69 Å². The molecule has 2 aromatic carbocycles. The lowest BCUT2D eigenvalue weighted by atomic mass is 9.88. The summed E-state index contributed by atoms with van der Waals surface area (Å²) in [6.45, 7) is 0.0865. The molecular formula is C21H17ClN2O5S. The van der Waals surface area contributed by atoms with Crippen LogP contribution in [0.3, 0.4) is 0 Å². The van der Waals surface area contributed by atoms with E-state index in [4.69, 9.17) is 30.5 Å². The summed E-state index contributed by atoms with van der Waals surface area (Å²) in [4.78, 5) is 13.6. The predicted molar refractivity (Wildman–Crippen MR) is 113 cm³/mol. The van der Waals surface area contributed by atoms with Crippen molar-refractivity contribution in [1.82, 2.24) is 4.37 Å². The number of carbonyl (C=O) groups excluding carboxylic acids is 1. The summed E-state index contributed by atoms with van der Waals surface area (Å²) in [5, 5.41) is 3.63. The zero-order valence-corrected chi connectivity index (χ0v) is 17.7. The molecular weight excluding hydrogens is 428 g/mol. The summed E-state index contributed by atoms with van der Waals surface area (Å²) in [6.07, 6.45) is 0.258. The Balaban J connectivity index is 1.66. The first kappa shape index (κ1) is 19.0. The first-order valence-corrected chi connectivity index (χ1v) is 10.4. The molecule has 0 fully saturated rings. The molecule has 0 aliphatic carbocycles. The van der Waals surface area contributed by atoms with Gasteiger partial charge in [-0.05, 0) is 29.7 Å². The van der Waals surface area contributed by atoms with Gasteiger partial charge in [0.05, 0.1) is 24.8 Å². The quantitative estimate of drug-likeness (QED) is 0.629. The molecule has 30 heavy (non-hydrogen) atoms. The number of halogens is 1. The first-order chi connectivity index (χ1) is 14.6. The Morgan fingerprint density at radius 2 is 1.93 bits per heavy atom. The minimum absolute atomic E-state index is 0.0865. The minimum atomic E-state index is -0.259. The van der Waals surface area contributed by atoms with Gasteiger partial charge < -0.3 is 24.3 Å². The van der Waals surface area contributed by atoms with Gasteiger partial charge in [-0.15, -0.1) is 0 Å². The molecule has 0 saturated carbocycles. The van der Waals surface area contributed by atoms with Crippen LogP contribution >= 0.6 is 23.1 Å². The molecule has 1 atom stereocenters. The Morgan fingerprint density at radius 3 is 2.67 bits per heavy atom. The topological polar surface area (TPSA) is 78.9 Å². The number of nitrogens with zero attached hydrogens (tertiary/aromatic N) is 1. The molecule has 0 unspecified atom stereocenters. The molecule has 2 aliphatic heterocycles. The van der Waals surface area contributed by atoms with Crippen LogP contribution in [0.25, 0.3) is 11.3 Å². The highest BCUT2D eigenvalue weighted by molar-refractivity contribution is 7.07. The molecule has 0 bridgehead atoms. The van der Waals surface area contributed by atoms with E-state index >= 15 is 0 Å². The average molecular weight is 445 g/mol. The van der Waals surface area contributed by atoms with Gasteiger partial charge in [-0.3, -0.25) is 4.79 Å². The van der Waals surface area contributed by atoms with E-state index in [1.54, 1.807) is 26.4 Å². The molecule has 3 heterocycles. The van der Waals surface area contributed by atoms with Gasteiger partial charge in [0.25, 0.3) is 0 Å². The van der Waals surface area contributed by atoms with Crippen molar-refractivity contribution in [2.75, 3.05) is 26.3 Å². The molecule has 3 aromatic rings. The Kier molecular flexibility index (Phi) is 4.67. The average Bonchev–Trinajstić information content (AvgIpc) is 3.40. The second-order valence-corrected chi connectivity index (χ2v) is 8.09. The number of amides is 1. The van der Waals surface area contributed by atoms with E-state index in [1.807, 2.05) is 18.2 Å². The van der Waals surface area contributed by atoms with Crippen LogP contribution in [0.5, 0.6) is 23.0 Å². The van der Waals surface area contributed by atoms with Crippen molar-refractivity contribution < 1.29 is 23.7 Å². The van der Waals surface area contributed by atoms with E-state index in [9.17, 15) is 4.79 Å². The highest BCUT2D eigenvalue weighted by atomic mass is 35.5. The smallest absolute Gasteiger partial charge is 0.231 e. The summed E-state index contributed by atoms with van der Waals surface area (Å²) >= 11 is 7.37. The number of rotatable bonds is 4. The van der Waals surface area contributed by atoms with Gasteiger partial charge in [-0.2, -0.15) is 4.37 Å². The predicted octanol–water partition coefficient (Wildman–Crippen LogP) is 4.68. The molecule has 1 amide bonds. The molecule has 9 heteroatoms. The van der Waals surface area contributed by atoms with Gasteiger partial charge in [0.15, 0.2) is 11.5 Å². The zero-order chi connectivity index (χ0) is 20.8. The van der Waals surface area contributed by atoms with Crippen LogP contribution < -0.4 is 24.3 Å². The summed E-state index contributed by atoms with van der Waals surface area (Å²) in [7, 11) is 3.14. The molecule has 5 rings (SSSR count). The van der Waals surface area contributed by atoms with E-state index < -0.39 is 0 Å². The van der Waals surface area contributed by atoms with Crippen molar-refractivity contribution in [1.29, 1.82) is 0 Å². The van der Waals surface area contributed by atoms with Crippen molar-refractivity contribution in [3.63, 3.8) is 0 Å². The number of aromatic nitrogens is 1.